The molecule has 1 rings (SSSR count). The van der Waals surface area contributed by atoms with Crippen LogP contribution in [0.5, 0.6) is 0 Å². The first-order chi connectivity index (χ1) is 6.65. The Morgan fingerprint density at radius 3 is 3.00 bits per heavy atom. The Morgan fingerprint density at radius 2 is 2.43 bits per heavy atom. The molecule has 80 valence electrons. The highest BCUT2D eigenvalue weighted by atomic mass is 32.2. The van der Waals surface area contributed by atoms with E-state index in [-0.39, 0.29) is 11.9 Å². The minimum Gasteiger partial charge on any atom is -0.388 e. The topological polar surface area (TPSA) is 68.0 Å². The van der Waals surface area contributed by atoms with Gasteiger partial charge in [-0.05, 0) is 6.42 Å². The van der Waals surface area contributed by atoms with Crippen molar-refractivity contribution >= 4 is 10.8 Å². The summed E-state index contributed by atoms with van der Waals surface area (Å²) in [5, 5.41) is 16.5. The lowest BCUT2D eigenvalue weighted by Crippen LogP contribution is -2.13. The molecule has 0 fully saturated rings. The van der Waals surface area contributed by atoms with Crippen LogP contribution in [-0.4, -0.2) is 35.6 Å². The number of rotatable bonds is 5. The summed E-state index contributed by atoms with van der Waals surface area (Å²) in [5.41, 5.74) is 0. The molecular formula is C8H15N3O2S. The molecule has 14 heavy (non-hydrogen) atoms. The molecular weight excluding hydrogens is 202 g/mol. The lowest BCUT2D eigenvalue weighted by atomic mass is 10.3. The zero-order valence-electron chi connectivity index (χ0n) is 8.38. The van der Waals surface area contributed by atoms with E-state index in [0.717, 1.165) is 6.42 Å². The van der Waals surface area contributed by atoms with Crippen LogP contribution in [0.1, 0.15) is 19.2 Å². The molecule has 0 amide bonds. The molecule has 2 unspecified atom stereocenters. The predicted molar refractivity (Wildman–Crippen MR) is 54.1 cm³/mol. The van der Waals surface area contributed by atoms with Gasteiger partial charge in [-0.2, -0.15) is 0 Å². The van der Waals surface area contributed by atoms with Crippen LogP contribution < -0.4 is 0 Å². The molecule has 1 aromatic rings. The maximum absolute atomic E-state index is 11.1. The first kappa shape index (κ1) is 11.3. The standard InChI is InChI=1S/C8H15N3O2S/c1-7(14(2)13)3-4-11-6-9-10-8(11)5-12/h6-7,12H,3-5H2,1-2H3. The Labute approximate surface area is 85.6 Å². The predicted octanol–water partition coefficient (Wildman–Crippen LogP) is -0.0725. The van der Waals surface area contributed by atoms with Crippen molar-refractivity contribution in [1.29, 1.82) is 0 Å². The van der Waals surface area contributed by atoms with E-state index in [0.29, 0.717) is 12.4 Å². The summed E-state index contributed by atoms with van der Waals surface area (Å²) < 4.78 is 12.9. The molecule has 1 heterocycles. The number of nitrogens with zero attached hydrogens (tertiary/aromatic N) is 3. The monoisotopic (exact) mass is 217 g/mol. The van der Waals surface area contributed by atoms with E-state index in [1.54, 1.807) is 17.2 Å². The van der Waals surface area contributed by atoms with Crippen molar-refractivity contribution in [3.63, 3.8) is 0 Å². The minimum absolute atomic E-state index is 0.108. The summed E-state index contributed by atoms with van der Waals surface area (Å²) in [6.07, 6.45) is 4.08. The Morgan fingerprint density at radius 1 is 1.71 bits per heavy atom. The normalized spacial score (nSPS) is 15.4. The summed E-state index contributed by atoms with van der Waals surface area (Å²) in [6.45, 7) is 2.53. The van der Waals surface area contributed by atoms with Gasteiger partial charge >= 0.3 is 0 Å². The lowest BCUT2D eigenvalue weighted by Gasteiger charge is -2.09. The molecule has 0 radical (unpaired) electrons. The van der Waals surface area contributed by atoms with E-state index in [1.807, 2.05) is 6.92 Å². The van der Waals surface area contributed by atoms with Crippen LogP contribution in [0.2, 0.25) is 0 Å². The molecule has 0 aromatic carbocycles. The molecule has 0 bridgehead atoms. The summed E-state index contributed by atoms with van der Waals surface area (Å²) in [6, 6.07) is 0. The van der Waals surface area contributed by atoms with Crippen molar-refractivity contribution in [3.8, 4) is 0 Å². The van der Waals surface area contributed by atoms with E-state index < -0.39 is 10.8 Å². The van der Waals surface area contributed by atoms with Gasteiger partial charge in [-0.15, -0.1) is 10.2 Å². The van der Waals surface area contributed by atoms with Gasteiger partial charge < -0.3 is 9.67 Å². The second kappa shape index (κ2) is 5.21. The van der Waals surface area contributed by atoms with E-state index in [1.165, 1.54) is 0 Å². The maximum atomic E-state index is 11.1. The lowest BCUT2D eigenvalue weighted by molar-refractivity contribution is 0.264. The molecule has 5 nitrogen and oxygen atoms in total. The largest absolute Gasteiger partial charge is 0.388 e. The van der Waals surface area contributed by atoms with Crippen molar-refractivity contribution in [1.82, 2.24) is 14.8 Å². The third-order valence-corrected chi connectivity index (χ3v) is 3.55. The maximum Gasteiger partial charge on any atom is 0.158 e. The zero-order chi connectivity index (χ0) is 10.6. The van der Waals surface area contributed by atoms with Gasteiger partial charge in [0.2, 0.25) is 0 Å². The SMILES string of the molecule is CC(CCn1cnnc1CO)S(C)=O. The molecule has 0 saturated heterocycles. The van der Waals surface area contributed by atoms with Crippen LogP contribution in [0.4, 0.5) is 0 Å². The molecule has 1 aromatic heterocycles. The van der Waals surface area contributed by atoms with Crippen LogP contribution in [-0.2, 0) is 24.0 Å². The fraction of sp³-hybridized carbons (Fsp3) is 0.750. The number of aromatic nitrogens is 3. The Kier molecular flexibility index (Phi) is 4.21. The molecule has 1 N–H and O–H groups in total. The van der Waals surface area contributed by atoms with E-state index >= 15 is 0 Å². The number of aryl methyl sites for hydroxylation is 1. The summed E-state index contributed by atoms with van der Waals surface area (Å²) in [4.78, 5) is 0. The highest BCUT2D eigenvalue weighted by Crippen LogP contribution is 2.03. The quantitative estimate of drug-likeness (QED) is 0.749. The van der Waals surface area contributed by atoms with Crippen molar-refractivity contribution in [2.75, 3.05) is 6.26 Å². The average molecular weight is 217 g/mol. The van der Waals surface area contributed by atoms with Gasteiger partial charge in [-0.3, -0.25) is 4.21 Å². The van der Waals surface area contributed by atoms with Crippen molar-refractivity contribution in [3.05, 3.63) is 12.2 Å². The molecule has 6 heteroatoms. The second-order valence-corrected chi connectivity index (χ2v) is 5.00. The molecule has 0 saturated carbocycles. The third kappa shape index (κ3) is 2.88. The average Bonchev–Trinajstić information content (AvgIpc) is 2.60. The summed E-state index contributed by atoms with van der Waals surface area (Å²) in [5.74, 6) is 0.555. The molecule has 2 atom stereocenters. The van der Waals surface area contributed by atoms with Crippen LogP contribution in [0.15, 0.2) is 6.33 Å². The Hall–Kier alpha value is -0.750. The minimum atomic E-state index is -0.797. The van der Waals surface area contributed by atoms with E-state index in [4.69, 9.17) is 5.11 Å². The van der Waals surface area contributed by atoms with Crippen molar-refractivity contribution in [2.24, 2.45) is 0 Å². The van der Waals surface area contributed by atoms with Gasteiger partial charge in [0.15, 0.2) is 5.82 Å². The zero-order valence-corrected chi connectivity index (χ0v) is 9.20. The number of hydrogen-bond donors (Lipinski definition) is 1. The summed E-state index contributed by atoms with van der Waals surface area (Å²) >= 11 is 0. The smallest absolute Gasteiger partial charge is 0.158 e. The van der Waals surface area contributed by atoms with Gasteiger partial charge in [0.25, 0.3) is 0 Å². The van der Waals surface area contributed by atoms with E-state index in [9.17, 15) is 4.21 Å². The number of hydrogen-bond acceptors (Lipinski definition) is 4. The third-order valence-electron chi connectivity index (χ3n) is 2.18. The molecule has 0 spiro atoms. The first-order valence-electron chi connectivity index (χ1n) is 4.45. The van der Waals surface area contributed by atoms with E-state index in [2.05, 4.69) is 10.2 Å². The van der Waals surface area contributed by atoms with Gasteiger partial charge in [-0.1, -0.05) is 6.92 Å². The Balaban J connectivity index is 2.49. The fourth-order valence-corrected chi connectivity index (χ4v) is 1.51. The highest BCUT2D eigenvalue weighted by Gasteiger charge is 2.08. The van der Waals surface area contributed by atoms with Gasteiger partial charge in [0, 0.05) is 28.9 Å². The first-order valence-corrected chi connectivity index (χ1v) is 6.07. The summed E-state index contributed by atoms with van der Waals surface area (Å²) in [7, 11) is -0.797. The molecule has 0 aliphatic heterocycles. The fourth-order valence-electron chi connectivity index (χ4n) is 1.07. The van der Waals surface area contributed by atoms with Crippen molar-refractivity contribution in [2.45, 2.75) is 31.7 Å². The highest BCUT2D eigenvalue weighted by molar-refractivity contribution is 7.84. The van der Waals surface area contributed by atoms with Crippen LogP contribution in [0, 0.1) is 0 Å². The number of aliphatic hydroxyl groups excluding tert-OH is 1. The molecule has 0 aliphatic carbocycles. The van der Waals surface area contributed by atoms with Crippen LogP contribution in [0.3, 0.4) is 0 Å². The van der Waals surface area contributed by atoms with Crippen molar-refractivity contribution < 1.29 is 9.32 Å². The van der Waals surface area contributed by atoms with Gasteiger partial charge in [0.05, 0.1) is 0 Å². The van der Waals surface area contributed by atoms with Gasteiger partial charge in [-0.25, -0.2) is 0 Å². The number of aliphatic hydroxyl groups is 1. The van der Waals surface area contributed by atoms with Gasteiger partial charge in [0.1, 0.15) is 12.9 Å². The Bertz CT molecular complexity index is 313. The molecule has 0 aliphatic rings. The van der Waals surface area contributed by atoms with Crippen LogP contribution in [0.25, 0.3) is 0 Å². The second-order valence-electron chi connectivity index (χ2n) is 3.20. The van der Waals surface area contributed by atoms with Crippen LogP contribution >= 0.6 is 0 Å².